The second-order valence-electron chi connectivity index (χ2n) is 3.28. The third-order valence-corrected chi connectivity index (χ3v) is 2.25. The first kappa shape index (κ1) is 10.8. The maximum absolute atomic E-state index is 5.50. The maximum Gasteiger partial charge on any atom is 0.112 e. The van der Waals surface area contributed by atoms with Gasteiger partial charge in [-0.3, -0.25) is 0 Å². The summed E-state index contributed by atoms with van der Waals surface area (Å²) in [5, 5.41) is 0. The highest BCUT2D eigenvalue weighted by Gasteiger charge is 1.91. The van der Waals surface area contributed by atoms with E-state index in [1.807, 2.05) is 24.5 Å². The van der Waals surface area contributed by atoms with Crippen LogP contribution in [0.15, 0.2) is 42.2 Å². The zero-order valence-electron chi connectivity index (χ0n) is 8.99. The first-order valence-electron chi connectivity index (χ1n) is 5.20. The summed E-state index contributed by atoms with van der Waals surface area (Å²) in [6.07, 6.45) is 4.05. The molecule has 0 spiro atoms. The highest BCUT2D eigenvalue weighted by atomic mass is 16.5. The Morgan fingerprint density at radius 1 is 1.14 bits per heavy atom. The Labute approximate surface area is 86.4 Å². The molecule has 0 saturated heterocycles. The van der Waals surface area contributed by atoms with Gasteiger partial charge in [-0.1, -0.05) is 44.2 Å². The summed E-state index contributed by atoms with van der Waals surface area (Å²) in [5.41, 5.74) is 2.58. The van der Waals surface area contributed by atoms with Crippen molar-refractivity contribution in [2.45, 2.75) is 33.3 Å². The van der Waals surface area contributed by atoms with Gasteiger partial charge in [0, 0.05) is 0 Å². The van der Waals surface area contributed by atoms with Crippen molar-refractivity contribution in [2.24, 2.45) is 0 Å². The standard InChI is InChI=1S/C13H18O/c1-3-12(4-2)10-14-11-13-8-6-5-7-9-13/h5-10H,3-4,11H2,1-2H3. The molecule has 0 amide bonds. The molecule has 0 aromatic heterocycles. The highest BCUT2D eigenvalue weighted by Crippen LogP contribution is 2.07. The zero-order chi connectivity index (χ0) is 10.2. The largest absolute Gasteiger partial charge is 0.497 e. The van der Waals surface area contributed by atoms with E-state index in [4.69, 9.17) is 4.74 Å². The lowest BCUT2D eigenvalue weighted by molar-refractivity contribution is 0.232. The zero-order valence-corrected chi connectivity index (χ0v) is 8.99. The van der Waals surface area contributed by atoms with Crippen LogP contribution >= 0.6 is 0 Å². The summed E-state index contributed by atoms with van der Waals surface area (Å²) >= 11 is 0. The van der Waals surface area contributed by atoms with Crippen LogP contribution in [0.1, 0.15) is 32.3 Å². The van der Waals surface area contributed by atoms with Crippen molar-refractivity contribution in [3.8, 4) is 0 Å². The van der Waals surface area contributed by atoms with Crippen molar-refractivity contribution in [1.82, 2.24) is 0 Å². The molecule has 1 aromatic rings. The summed E-state index contributed by atoms with van der Waals surface area (Å²) in [7, 11) is 0. The van der Waals surface area contributed by atoms with Crippen LogP contribution in [0, 0.1) is 0 Å². The predicted octanol–water partition coefficient (Wildman–Crippen LogP) is 3.91. The summed E-state index contributed by atoms with van der Waals surface area (Å²) in [6, 6.07) is 10.2. The fraction of sp³-hybridized carbons (Fsp3) is 0.385. The molecule has 0 fully saturated rings. The first-order valence-corrected chi connectivity index (χ1v) is 5.20. The molecule has 0 unspecified atom stereocenters. The van der Waals surface area contributed by atoms with Crippen molar-refractivity contribution < 1.29 is 4.74 Å². The minimum atomic E-state index is 0.671. The third-order valence-electron chi connectivity index (χ3n) is 2.25. The molecule has 14 heavy (non-hydrogen) atoms. The van der Waals surface area contributed by atoms with Gasteiger partial charge in [-0.15, -0.1) is 0 Å². The van der Waals surface area contributed by atoms with E-state index in [-0.39, 0.29) is 0 Å². The van der Waals surface area contributed by atoms with Crippen LogP contribution in [0.2, 0.25) is 0 Å². The normalized spacial score (nSPS) is 9.57. The van der Waals surface area contributed by atoms with Crippen LogP contribution in [0.25, 0.3) is 0 Å². The molecule has 0 saturated carbocycles. The first-order chi connectivity index (χ1) is 6.86. The highest BCUT2D eigenvalue weighted by molar-refractivity contribution is 5.13. The topological polar surface area (TPSA) is 9.23 Å². The summed E-state index contributed by atoms with van der Waals surface area (Å²) < 4.78 is 5.50. The van der Waals surface area contributed by atoms with Gasteiger partial charge in [0.25, 0.3) is 0 Å². The fourth-order valence-corrected chi connectivity index (χ4v) is 1.25. The van der Waals surface area contributed by atoms with Crippen LogP contribution in [-0.4, -0.2) is 0 Å². The lowest BCUT2D eigenvalue weighted by Crippen LogP contribution is -1.87. The SMILES string of the molecule is CCC(=COCc1ccccc1)CC. The molecule has 0 aliphatic heterocycles. The minimum Gasteiger partial charge on any atom is -0.497 e. The molecule has 0 N–H and O–H groups in total. The molecule has 0 heterocycles. The Hall–Kier alpha value is -1.24. The molecular formula is C13H18O. The number of hydrogen-bond acceptors (Lipinski definition) is 1. The summed E-state index contributed by atoms with van der Waals surface area (Å²) in [5.74, 6) is 0. The third kappa shape index (κ3) is 3.65. The van der Waals surface area contributed by atoms with Crippen LogP contribution in [0.3, 0.4) is 0 Å². The van der Waals surface area contributed by atoms with E-state index >= 15 is 0 Å². The van der Waals surface area contributed by atoms with E-state index in [1.54, 1.807) is 0 Å². The smallest absolute Gasteiger partial charge is 0.112 e. The van der Waals surface area contributed by atoms with E-state index in [0.717, 1.165) is 12.8 Å². The molecular weight excluding hydrogens is 172 g/mol. The lowest BCUT2D eigenvalue weighted by Gasteiger charge is -2.03. The minimum absolute atomic E-state index is 0.671. The predicted molar refractivity (Wildman–Crippen MR) is 59.9 cm³/mol. The Morgan fingerprint density at radius 2 is 1.79 bits per heavy atom. The average molecular weight is 190 g/mol. The van der Waals surface area contributed by atoms with Crippen LogP contribution < -0.4 is 0 Å². The number of benzene rings is 1. The fourth-order valence-electron chi connectivity index (χ4n) is 1.25. The number of hydrogen-bond donors (Lipinski definition) is 0. The van der Waals surface area contributed by atoms with Gasteiger partial charge in [-0.05, 0) is 24.0 Å². The van der Waals surface area contributed by atoms with Crippen LogP contribution in [0.4, 0.5) is 0 Å². The molecule has 76 valence electrons. The molecule has 0 aliphatic rings. The molecule has 0 radical (unpaired) electrons. The molecule has 1 heteroatoms. The van der Waals surface area contributed by atoms with E-state index in [1.165, 1.54) is 11.1 Å². The van der Waals surface area contributed by atoms with Gasteiger partial charge in [-0.2, -0.15) is 0 Å². The van der Waals surface area contributed by atoms with Crippen molar-refractivity contribution in [3.05, 3.63) is 47.7 Å². The van der Waals surface area contributed by atoms with E-state index in [9.17, 15) is 0 Å². The second kappa shape index (κ2) is 6.25. The van der Waals surface area contributed by atoms with E-state index in [0.29, 0.717) is 6.61 Å². The van der Waals surface area contributed by atoms with Gasteiger partial charge >= 0.3 is 0 Å². The molecule has 0 atom stereocenters. The lowest BCUT2D eigenvalue weighted by atomic mass is 10.2. The molecule has 1 nitrogen and oxygen atoms in total. The Bertz CT molecular complexity index is 269. The molecule has 1 rings (SSSR count). The van der Waals surface area contributed by atoms with E-state index < -0.39 is 0 Å². The average Bonchev–Trinajstić information content (AvgIpc) is 2.26. The van der Waals surface area contributed by atoms with Gasteiger partial charge in [0.05, 0.1) is 6.26 Å². The number of ether oxygens (including phenoxy) is 1. The second-order valence-corrected chi connectivity index (χ2v) is 3.28. The molecule has 1 aromatic carbocycles. The van der Waals surface area contributed by atoms with Gasteiger partial charge in [0.15, 0.2) is 0 Å². The summed E-state index contributed by atoms with van der Waals surface area (Å²) in [6.45, 7) is 4.98. The van der Waals surface area contributed by atoms with Crippen molar-refractivity contribution in [2.75, 3.05) is 0 Å². The van der Waals surface area contributed by atoms with Gasteiger partial charge in [0.2, 0.25) is 0 Å². The van der Waals surface area contributed by atoms with Crippen LogP contribution in [-0.2, 0) is 11.3 Å². The Kier molecular flexibility index (Phi) is 4.84. The van der Waals surface area contributed by atoms with Crippen molar-refractivity contribution >= 4 is 0 Å². The number of allylic oxidation sites excluding steroid dienone is 1. The van der Waals surface area contributed by atoms with Gasteiger partial charge < -0.3 is 4.74 Å². The Morgan fingerprint density at radius 3 is 2.36 bits per heavy atom. The van der Waals surface area contributed by atoms with Crippen LogP contribution in [0.5, 0.6) is 0 Å². The molecule has 0 aliphatic carbocycles. The monoisotopic (exact) mass is 190 g/mol. The van der Waals surface area contributed by atoms with Crippen molar-refractivity contribution in [1.29, 1.82) is 0 Å². The quantitative estimate of drug-likeness (QED) is 0.640. The van der Waals surface area contributed by atoms with Crippen molar-refractivity contribution in [3.63, 3.8) is 0 Å². The molecule has 0 bridgehead atoms. The number of rotatable bonds is 5. The maximum atomic E-state index is 5.50. The van der Waals surface area contributed by atoms with Gasteiger partial charge in [-0.25, -0.2) is 0 Å². The summed E-state index contributed by atoms with van der Waals surface area (Å²) in [4.78, 5) is 0. The van der Waals surface area contributed by atoms with E-state index in [2.05, 4.69) is 26.0 Å². The Balaban J connectivity index is 2.38. The van der Waals surface area contributed by atoms with Gasteiger partial charge in [0.1, 0.15) is 6.61 Å².